The standard InChI is InChI=1S/C16H27N5O2/c1-13-10-17-20(11-13)7-6-14(22)21-9-8-19(12-16(21,2)3)15(23)18(4)5/h10-11H,6-9,12H2,1-5H3. The summed E-state index contributed by atoms with van der Waals surface area (Å²) in [6.07, 6.45) is 4.15. The molecule has 0 aromatic carbocycles. The highest BCUT2D eigenvalue weighted by Gasteiger charge is 2.38. The van der Waals surface area contributed by atoms with E-state index in [1.54, 1.807) is 34.8 Å². The minimum Gasteiger partial charge on any atom is -0.334 e. The van der Waals surface area contributed by atoms with Crippen molar-refractivity contribution >= 4 is 11.9 Å². The molecule has 3 amide bonds. The number of aryl methyl sites for hydroxylation is 2. The third-order valence-corrected chi connectivity index (χ3v) is 4.17. The van der Waals surface area contributed by atoms with Gasteiger partial charge in [-0.25, -0.2) is 4.79 Å². The van der Waals surface area contributed by atoms with E-state index in [0.29, 0.717) is 32.6 Å². The highest BCUT2D eigenvalue weighted by Crippen LogP contribution is 2.22. The first kappa shape index (κ1) is 17.3. The van der Waals surface area contributed by atoms with Crippen molar-refractivity contribution in [3.05, 3.63) is 18.0 Å². The molecule has 0 saturated carbocycles. The third kappa shape index (κ3) is 4.03. The summed E-state index contributed by atoms with van der Waals surface area (Å²) in [5, 5.41) is 4.21. The molecule has 128 valence electrons. The second-order valence-electron chi connectivity index (χ2n) is 6.99. The molecule has 2 rings (SSSR count). The monoisotopic (exact) mass is 321 g/mol. The molecule has 0 aliphatic carbocycles. The number of rotatable bonds is 3. The summed E-state index contributed by atoms with van der Waals surface area (Å²) in [6.45, 7) is 8.29. The lowest BCUT2D eigenvalue weighted by Gasteiger charge is -2.47. The van der Waals surface area contributed by atoms with Crippen molar-refractivity contribution in [2.45, 2.75) is 39.3 Å². The van der Waals surface area contributed by atoms with Crippen molar-refractivity contribution in [1.29, 1.82) is 0 Å². The van der Waals surface area contributed by atoms with Crippen LogP contribution in [0.4, 0.5) is 4.79 Å². The average molecular weight is 321 g/mol. The Morgan fingerprint density at radius 1 is 1.30 bits per heavy atom. The van der Waals surface area contributed by atoms with E-state index >= 15 is 0 Å². The van der Waals surface area contributed by atoms with Crippen LogP contribution in [0.5, 0.6) is 0 Å². The smallest absolute Gasteiger partial charge is 0.319 e. The lowest BCUT2D eigenvalue weighted by molar-refractivity contribution is -0.140. The highest BCUT2D eigenvalue weighted by atomic mass is 16.2. The quantitative estimate of drug-likeness (QED) is 0.840. The van der Waals surface area contributed by atoms with Crippen molar-refractivity contribution in [1.82, 2.24) is 24.5 Å². The molecule has 1 aliphatic heterocycles. The van der Waals surface area contributed by atoms with Gasteiger partial charge < -0.3 is 14.7 Å². The van der Waals surface area contributed by atoms with Crippen LogP contribution >= 0.6 is 0 Å². The summed E-state index contributed by atoms with van der Waals surface area (Å²) in [6, 6.07) is -0.00260. The third-order valence-electron chi connectivity index (χ3n) is 4.17. The Balaban J connectivity index is 1.95. The molecule has 2 heterocycles. The van der Waals surface area contributed by atoms with Crippen LogP contribution in [0.15, 0.2) is 12.4 Å². The van der Waals surface area contributed by atoms with Crippen LogP contribution in [0.25, 0.3) is 0 Å². The average Bonchev–Trinajstić information content (AvgIpc) is 2.88. The van der Waals surface area contributed by atoms with Gasteiger partial charge in [0.05, 0.1) is 11.7 Å². The van der Waals surface area contributed by atoms with Gasteiger partial charge in [-0.05, 0) is 26.3 Å². The van der Waals surface area contributed by atoms with Crippen LogP contribution in [0.2, 0.25) is 0 Å². The molecule has 1 saturated heterocycles. The zero-order chi connectivity index (χ0) is 17.2. The van der Waals surface area contributed by atoms with E-state index < -0.39 is 0 Å². The van der Waals surface area contributed by atoms with E-state index in [1.165, 1.54) is 0 Å². The Morgan fingerprint density at radius 2 is 2.00 bits per heavy atom. The van der Waals surface area contributed by atoms with Gasteiger partial charge in [0, 0.05) is 52.9 Å². The molecule has 0 bridgehead atoms. The van der Waals surface area contributed by atoms with Gasteiger partial charge in [-0.2, -0.15) is 5.10 Å². The fourth-order valence-electron chi connectivity index (χ4n) is 3.00. The van der Waals surface area contributed by atoms with Gasteiger partial charge in [-0.1, -0.05) is 0 Å². The molecule has 0 atom stereocenters. The van der Waals surface area contributed by atoms with Crippen molar-refractivity contribution in [2.75, 3.05) is 33.7 Å². The molecule has 0 N–H and O–H groups in total. The number of urea groups is 1. The summed E-state index contributed by atoms with van der Waals surface area (Å²) in [4.78, 5) is 30.0. The van der Waals surface area contributed by atoms with Gasteiger partial charge >= 0.3 is 6.03 Å². The van der Waals surface area contributed by atoms with Crippen LogP contribution < -0.4 is 0 Å². The first-order valence-electron chi connectivity index (χ1n) is 7.96. The normalized spacial score (nSPS) is 17.3. The molecule has 0 spiro atoms. The highest BCUT2D eigenvalue weighted by molar-refractivity contribution is 5.78. The summed E-state index contributed by atoms with van der Waals surface area (Å²) < 4.78 is 1.80. The zero-order valence-corrected chi connectivity index (χ0v) is 14.7. The molecule has 0 unspecified atom stereocenters. The molecule has 1 aliphatic rings. The molecule has 1 aromatic heterocycles. The van der Waals surface area contributed by atoms with E-state index in [1.807, 2.05) is 31.9 Å². The van der Waals surface area contributed by atoms with Gasteiger partial charge in [-0.15, -0.1) is 0 Å². The second kappa shape index (κ2) is 6.60. The van der Waals surface area contributed by atoms with Crippen molar-refractivity contribution in [3.63, 3.8) is 0 Å². The number of hydrogen-bond donors (Lipinski definition) is 0. The van der Waals surface area contributed by atoms with Crippen molar-refractivity contribution < 1.29 is 9.59 Å². The number of amides is 3. The fourth-order valence-corrected chi connectivity index (χ4v) is 3.00. The summed E-state index contributed by atoms with van der Waals surface area (Å²) >= 11 is 0. The summed E-state index contributed by atoms with van der Waals surface area (Å²) in [5.74, 6) is 0.111. The lowest BCUT2D eigenvalue weighted by Crippen LogP contribution is -2.63. The summed E-state index contributed by atoms with van der Waals surface area (Å²) in [5.41, 5.74) is 0.731. The number of hydrogen-bond acceptors (Lipinski definition) is 3. The molecule has 0 radical (unpaired) electrons. The van der Waals surface area contributed by atoms with Gasteiger partial charge in [0.25, 0.3) is 0 Å². The fraction of sp³-hybridized carbons (Fsp3) is 0.688. The van der Waals surface area contributed by atoms with Crippen LogP contribution in [0.1, 0.15) is 25.8 Å². The number of carbonyl (C=O) groups is 2. The molecule has 1 fully saturated rings. The van der Waals surface area contributed by atoms with E-state index in [9.17, 15) is 9.59 Å². The minimum absolute atomic E-state index is 0.00260. The Labute approximate surface area is 137 Å². The topological polar surface area (TPSA) is 61.7 Å². The molecular formula is C16H27N5O2. The minimum atomic E-state index is -0.360. The number of piperazine rings is 1. The molecule has 23 heavy (non-hydrogen) atoms. The van der Waals surface area contributed by atoms with Crippen molar-refractivity contribution in [2.24, 2.45) is 0 Å². The Kier molecular flexibility index (Phi) is 4.97. The van der Waals surface area contributed by atoms with Gasteiger partial charge in [0.1, 0.15) is 0 Å². The maximum Gasteiger partial charge on any atom is 0.319 e. The first-order valence-corrected chi connectivity index (χ1v) is 7.96. The summed E-state index contributed by atoms with van der Waals surface area (Å²) in [7, 11) is 3.50. The molecule has 7 nitrogen and oxygen atoms in total. The second-order valence-corrected chi connectivity index (χ2v) is 6.99. The SMILES string of the molecule is Cc1cnn(CCC(=O)N2CCN(C(=O)N(C)C)CC2(C)C)c1. The Hall–Kier alpha value is -2.05. The maximum atomic E-state index is 12.6. The van der Waals surface area contributed by atoms with Gasteiger partial charge in [-0.3, -0.25) is 9.48 Å². The largest absolute Gasteiger partial charge is 0.334 e. The van der Waals surface area contributed by atoms with Gasteiger partial charge in [0.2, 0.25) is 5.91 Å². The number of aromatic nitrogens is 2. The Bertz CT molecular complexity index is 579. The maximum absolute atomic E-state index is 12.6. The van der Waals surface area contributed by atoms with Crippen LogP contribution in [0, 0.1) is 6.92 Å². The van der Waals surface area contributed by atoms with Gasteiger partial charge in [0.15, 0.2) is 0 Å². The molecular weight excluding hydrogens is 294 g/mol. The van der Waals surface area contributed by atoms with E-state index in [-0.39, 0.29) is 17.5 Å². The van der Waals surface area contributed by atoms with E-state index in [0.717, 1.165) is 5.56 Å². The first-order chi connectivity index (χ1) is 10.7. The van der Waals surface area contributed by atoms with Crippen LogP contribution in [-0.4, -0.2) is 75.7 Å². The molecule has 7 heteroatoms. The van der Waals surface area contributed by atoms with Crippen molar-refractivity contribution in [3.8, 4) is 0 Å². The Morgan fingerprint density at radius 3 is 2.52 bits per heavy atom. The van der Waals surface area contributed by atoms with E-state index in [4.69, 9.17) is 0 Å². The zero-order valence-electron chi connectivity index (χ0n) is 14.7. The lowest BCUT2D eigenvalue weighted by atomic mass is 9.98. The van der Waals surface area contributed by atoms with Crippen LogP contribution in [-0.2, 0) is 11.3 Å². The van der Waals surface area contributed by atoms with Crippen LogP contribution in [0.3, 0.4) is 0 Å². The predicted octanol–water partition coefficient (Wildman–Crippen LogP) is 1.19. The number of nitrogens with zero attached hydrogens (tertiary/aromatic N) is 5. The number of carbonyl (C=O) groups excluding carboxylic acids is 2. The molecule has 1 aromatic rings. The van der Waals surface area contributed by atoms with E-state index in [2.05, 4.69) is 5.10 Å². The predicted molar refractivity (Wildman–Crippen MR) is 88.0 cm³/mol.